The Kier molecular flexibility index (Phi) is 5.96. The molecule has 0 bridgehead atoms. The summed E-state index contributed by atoms with van der Waals surface area (Å²) < 4.78 is 5.10. The fraction of sp³-hybridized carbons (Fsp3) is 0.688. The Morgan fingerprint density at radius 2 is 2.05 bits per heavy atom. The van der Waals surface area contributed by atoms with E-state index in [4.69, 9.17) is 4.74 Å². The molecule has 1 saturated heterocycles. The van der Waals surface area contributed by atoms with Crippen LogP contribution in [0.3, 0.4) is 0 Å². The molecule has 1 aromatic heterocycles. The predicted molar refractivity (Wildman–Crippen MR) is 86.7 cm³/mol. The van der Waals surface area contributed by atoms with Crippen LogP contribution in [0.2, 0.25) is 0 Å². The minimum Gasteiger partial charge on any atom is -0.383 e. The van der Waals surface area contributed by atoms with E-state index in [1.54, 1.807) is 7.11 Å². The maximum atomic E-state index is 5.10. The largest absolute Gasteiger partial charge is 0.383 e. The third-order valence-electron chi connectivity index (χ3n) is 4.21. The lowest BCUT2D eigenvalue weighted by Gasteiger charge is -2.39. The minimum atomic E-state index is 0.567. The molecule has 1 fully saturated rings. The lowest BCUT2D eigenvalue weighted by atomic mass is 10.1. The van der Waals surface area contributed by atoms with E-state index in [1.165, 1.54) is 5.56 Å². The molecule has 1 N–H and O–H groups in total. The number of pyridine rings is 1. The first kappa shape index (κ1) is 16.2. The van der Waals surface area contributed by atoms with E-state index in [2.05, 4.69) is 46.1 Å². The first-order valence-electron chi connectivity index (χ1n) is 7.73. The van der Waals surface area contributed by atoms with Gasteiger partial charge in [-0.3, -0.25) is 4.90 Å². The molecule has 1 aromatic rings. The van der Waals surface area contributed by atoms with E-state index in [-0.39, 0.29) is 0 Å². The van der Waals surface area contributed by atoms with Gasteiger partial charge in [-0.25, -0.2) is 4.98 Å². The summed E-state index contributed by atoms with van der Waals surface area (Å²) in [5, 5.41) is 3.47. The van der Waals surface area contributed by atoms with Gasteiger partial charge in [-0.15, -0.1) is 0 Å². The van der Waals surface area contributed by atoms with E-state index in [0.717, 1.165) is 38.6 Å². The number of methoxy groups -OCH3 is 1. The lowest BCUT2D eigenvalue weighted by Crippen LogP contribution is -2.54. The van der Waals surface area contributed by atoms with Gasteiger partial charge in [0.2, 0.25) is 0 Å². The van der Waals surface area contributed by atoms with E-state index in [9.17, 15) is 0 Å². The van der Waals surface area contributed by atoms with E-state index in [0.29, 0.717) is 12.1 Å². The van der Waals surface area contributed by atoms with Crippen LogP contribution in [0.4, 0.5) is 5.82 Å². The Morgan fingerprint density at radius 3 is 2.62 bits per heavy atom. The van der Waals surface area contributed by atoms with Gasteiger partial charge >= 0.3 is 0 Å². The first-order valence-corrected chi connectivity index (χ1v) is 7.73. The minimum absolute atomic E-state index is 0.567. The van der Waals surface area contributed by atoms with Gasteiger partial charge in [-0.1, -0.05) is 6.07 Å². The molecular weight excluding hydrogens is 264 g/mol. The molecule has 118 valence electrons. The summed E-state index contributed by atoms with van der Waals surface area (Å²) in [4.78, 5) is 9.23. The number of piperazine rings is 1. The third kappa shape index (κ3) is 4.40. The molecule has 0 saturated carbocycles. The highest BCUT2D eigenvalue weighted by Gasteiger charge is 2.24. The molecule has 21 heavy (non-hydrogen) atoms. The van der Waals surface area contributed by atoms with E-state index >= 15 is 0 Å². The summed E-state index contributed by atoms with van der Waals surface area (Å²) >= 11 is 0. The number of nitrogens with zero attached hydrogens (tertiary/aromatic N) is 3. The number of hydrogen-bond donors (Lipinski definition) is 1. The molecule has 5 nitrogen and oxygen atoms in total. The van der Waals surface area contributed by atoms with Crippen LogP contribution in [-0.4, -0.2) is 62.4 Å². The second kappa shape index (κ2) is 7.73. The molecule has 0 radical (unpaired) electrons. The molecular formula is C16H28N4O. The van der Waals surface area contributed by atoms with Crippen molar-refractivity contribution >= 4 is 5.82 Å². The maximum absolute atomic E-state index is 5.10. The topological polar surface area (TPSA) is 40.6 Å². The fourth-order valence-electron chi connectivity index (χ4n) is 2.77. The van der Waals surface area contributed by atoms with Gasteiger partial charge in [0.25, 0.3) is 0 Å². The van der Waals surface area contributed by atoms with Crippen molar-refractivity contribution in [2.24, 2.45) is 0 Å². The number of nitrogens with one attached hydrogen (secondary N) is 1. The van der Waals surface area contributed by atoms with Crippen LogP contribution < -0.4 is 10.2 Å². The van der Waals surface area contributed by atoms with Crippen molar-refractivity contribution in [1.29, 1.82) is 0 Å². The average molecular weight is 292 g/mol. The summed E-state index contributed by atoms with van der Waals surface area (Å²) in [6, 6.07) is 5.42. The molecule has 2 rings (SSSR count). The molecule has 0 aromatic carbocycles. The zero-order valence-corrected chi connectivity index (χ0v) is 13.7. The zero-order chi connectivity index (χ0) is 15.2. The summed E-state index contributed by atoms with van der Waals surface area (Å²) in [6.07, 6.45) is 2.00. The summed E-state index contributed by atoms with van der Waals surface area (Å²) in [5.41, 5.74) is 1.28. The SMILES string of the molecule is COCCN(C)c1ccc(CN2[C@H](C)CNC[C@@H]2C)cn1. The number of aromatic nitrogens is 1. The van der Waals surface area contributed by atoms with Gasteiger partial charge in [-0.2, -0.15) is 0 Å². The highest BCUT2D eigenvalue weighted by atomic mass is 16.5. The second-order valence-corrected chi connectivity index (χ2v) is 5.97. The monoisotopic (exact) mass is 292 g/mol. The zero-order valence-electron chi connectivity index (χ0n) is 13.7. The normalized spacial score (nSPS) is 23.2. The molecule has 2 atom stereocenters. The number of rotatable bonds is 6. The fourth-order valence-corrected chi connectivity index (χ4v) is 2.77. The summed E-state index contributed by atoms with van der Waals surface area (Å²) in [6.45, 7) is 9.24. The van der Waals surface area contributed by atoms with Crippen molar-refractivity contribution in [3.63, 3.8) is 0 Å². The third-order valence-corrected chi connectivity index (χ3v) is 4.21. The Labute approximate surface area is 128 Å². The molecule has 0 amide bonds. The van der Waals surface area contributed by atoms with Crippen molar-refractivity contribution in [3.8, 4) is 0 Å². The van der Waals surface area contributed by atoms with Crippen molar-refractivity contribution in [2.75, 3.05) is 45.3 Å². The van der Waals surface area contributed by atoms with Crippen LogP contribution in [0.5, 0.6) is 0 Å². The van der Waals surface area contributed by atoms with Crippen LogP contribution in [0.1, 0.15) is 19.4 Å². The number of ether oxygens (including phenoxy) is 1. The van der Waals surface area contributed by atoms with Gasteiger partial charge in [-0.05, 0) is 25.5 Å². The predicted octanol–water partition coefficient (Wildman–Crippen LogP) is 1.35. The summed E-state index contributed by atoms with van der Waals surface area (Å²) in [5.74, 6) is 0.997. The van der Waals surface area contributed by atoms with Gasteiger partial charge in [0, 0.05) is 58.6 Å². The Balaban J connectivity index is 1.95. The molecule has 2 heterocycles. The van der Waals surface area contributed by atoms with Gasteiger partial charge in [0.05, 0.1) is 6.61 Å². The smallest absolute Gasteiger partial charge is 0.128 e. The second-order valence-electron chi connectivity index (χ2n) is 5.97. The first-order chi connectivity index (χ1) is 10.1. The van der Waals surface area contributed by atoms with Gasteiger partial charge in [0.15, 0.2) is 0 Å². The van der Waals surface area contributed by atoms with E-state index in [1.807, 2.05) is 13.2 Å². The highest BCUT2D eigenvalue weighted by Crippen LogP contribution is 2.16. The van der Waals surface area contributed by atoms with Gasteiger partial charge < -0.3 is 15.0 Å². The number of anilines is 1. The molecule has 1 aliphatic heterocycles. The number of likely N-dealkylation sites (N-methyl/N-ethyl adjacent to an activating group) is 1. The summed E-state index contributed by atoms with van der Waals surface area (Å²) in [7, 11) is 3.77. The van der Waals surface area contributed by atoms with Crippen LogP contribution >= 0.6 is 0 Å². The van der Waals surface area contributed by atoms with Crippen LogP contribution in [0.25, 0.3) is 0 Å². The standard InChI is InChI=1S/C16H28N4O/c1-13-9-17-10-14(2)20(13)12-15-5-6-16(18-11-15)19(3)7-8-21-4/h5-6,11,13-14,17H,7-10,12H2,1-4H3/t13-,14+. The molecule has 1 aliphatic rings. The Bertz CT molecular complexity index is 413. The molecule has 5 heteroatoms. The van der Waals surface area contributed by atoms with Crippen molar-refractivity contribution < 1.29 is 4.74 Å². The molecule has 0 unspecified atom stereocenters. The highest BCUT2D eigenvalue weighted by molar-refractivity contribution is 5.38. The Hall–Kier alpha value is -1.17. The lowest BCUT2D eigenvalue weighted by molar-refractivity contribution is 0.108. The van der Waals surface area contributed by atoms with Crippen molar-refractivity contribution in [3.05, 3.63) is 23.9 Å². The van der Waals surface area contributed by atoms with Crippen molar-refractivity contribution in [1.82, 2.24) is 15.2 Å². The van der Waals surface area contributed by atoms with Crippen LogP contribution in [-0.2, 0) is 11.3 Å². The Morgan fingerprint density at radius 1 is 1.33 bits per heavy atom. The number of hydrogen-bond acceptors (Lipinski definition) is 5. The van der Waals surface area contributed by atoms with E-state index < -0.39 is 0 Å². The quantitative estimate of drug-likeness (QED) is 0.857. The average Bonchev–Trinajstić information content (AvgIpc) is 2.49. The van der Waals surface area contributed by atoms with Crippen LogP contribution in [0.15, 0.2) is 18.3 Å². The maximum Gasteiger partial charge on any atom is 0.128 e. The van der Waals surface area contributed by atoms with Gasteiger partial charge in [0.1, 0.15) is 5.82 Å². The van der Waals surface area contributed by atoms with Crippen LogP contribution in [0, 0.1) is 0 Å². The van der Waals surface area contributed by atoms with Crippen molar-refractivity contribution in [2.45, 2.75) is 32.5 Å². The molecule has 0 aliphatic carbocycles. The molecule has 0 spiro atoms.